The quantitative estimate of drug-likeness (QED) is 0.666. The highest BCUT2D eigenvalue weighted by Gasteiger charge is 2.15. The summed E-state index contributed by atoms with van der Waals surface area (Å²) in [4.78, 5) is 4.97. The van der Waals surface area contributed by atoms with Crippen molar-refractivity contribution in [1.82, 2.24) is 9.47 Å². The number of morpholine rings is 1. The van der Waals surface area contributed by atoms with Gasteiger partial charge in [-0.25, -0.2) is 0 Å². The van der Waals surface area contributed by atoms with Crippen molar-refractivity contribution in [3.63, 3.8) is 0 Å². The smallest absolute Gasteiger partial charge is 0.103 e. The average molecular weight is 378 g/mol. The second-order valence-electron chi connectivity index (χ2n) is 6.93. The minimum absolute atomic E-state index is 0.674. The standard InChI is InChI=1S/C22H23N3OS/c1-16-13-20-14-21(17(2)19-5-3-18(15-23)4-6-19)27-22(20)25(16)8-7-24-9-11-26-12-10-24/h3-6,13-14H,2,7-12H2,1H3. The third-order valence-corrected chi connectivity index (χ3v) is 6.41. The third-order valence-electron chi connectivity index (χ3n) is 5.18. The summed E-state index contributed by atoms with van der Waals surface area (Å²) in [6.45, 7) is 12.3. The zero-order chi connectivity index (χ0) is 18.8. The van der Waals surface area contributed by atoms with E-state index in [1.165, 1.54) is 20.8 Å². The molecule has 0 N–H and O–H groups in total. The van der Waals surface area contributed by atoms with E-state index in [2.05, 4.69) is 41.2 Å². The highest BCUT2D eigenvalue weighted by molar-refractivity contribution is 7.19. The molecule has 0 saturated carbocycles. The number of aryl methyl sites for hydroxylation is 1. The van der Waals surface area contributed by atoms with E-state index in [0.717, 1.165) is 50.5 Å². The van der Waals surface area contributed by atoms with Gasteiger partial charge in [0.15, 0.2) is 0 Å². The summed E-state index contributed by atoms with van der Waals surface area (Å²) < 4.78 is 7.86. The molecule has 0 aliphatic carbocycles. The van der Waals surface area contributed by atoms with Crippen molar-refractivity contribution in [3.05, 3.63) is 64.7 Å². The Bertz CT molecular complexity index is 1000. The fourth-order valence-electron chi connectivity index (χ4n) is 3.55. The zero-order valence-corrected chi connectivity index (χ0v) is 16.4. The number of hydrogen-bond donors (Lipinski definition) is 0. The minimum Gasteiger partial charge on any atom is -0.379 e. The first-order valence-electron chi connectivity index (χ1n) is 9.25. The van der Waals surface area contributed by atoms with E-state index in [4.69, 9.17) is 10.00 Å². The van der Waals surface area contributed by atoms with Crippen LogP contribution < -0.4 is 0 Å². The van der Waals surface area contributed by atoms with Gasteiger partial charge in [-0.3, -0.25) is 4.90 Å². The van der Waals surface area contributed by atoms with Gasteiger partial charge in [0.25, 0.3) is 0 Å². The molecule has 0 atom stereocenters. The Balaban J connectivity index is 1.55. The second-order valence-corrected chi connectivity index (χ2v) is 7.96. The molecule has 2 aromatic heterocycles. The van der Waals surface area contributed by atoms with E-state index in [9.17, 15) is 0 Å². The second kappa shape index (κ2) is 7.69. The van der Waals surface area contributed by atoms with E-state index in [1.54, 1.807) is 11.3 Å². The average Bonchev–Trinajstić information content (AvgIpc) is 3.24. The third kappa shape index (κ3) is 3.70. The van der Waals surface area contributed by atoms with Gasteiger partial charge < -0.3 is 9.30 Å². The largest absolute Gasteiger partial charge is 0.379 e. The highest BCUT2D eigenvalue weighted by atomic mass is 32.1. The number of hydrogen-bond acceptors (Lipinski definition) is 4. The van der Waals surface area contributed by atoms with Crippen LogP contribution in [-0.2, 0) is 11.3 Å². The lowest BCUT2D eigenvalue weighted by molar-refractivity contribution is 0.0365. The maximum Gasteiger partial charge on any atom is 0.103 e. The van der Waals surface area contributed by atoms with Crippen molar-refractivity contribution in [1.29, 1.82) is 5.26 Å². The van der Waals surface area contributed by atoms with E-state index in [1.807, 2.05) is 24.3 Å². The van der Waals surface area contributed by atoms with Crippen LogP contribution >= 0.6 is 11.3 Å². The number of nitriles is 1. The Morgan fingerprint density at radius 1 is 1.19 bits per heavy atom. The van der Waals surface area contributed by atoms with Crippen LogP contribution in [-0.4, -0.2) is 42.3 Å². The van der Waals surface area contributed by atoms with Gasteiger partial charge >= 0.3 is 0 Å². The Morgan fingerprint density at radius 2 is 1.93 bits per heavy atom. The number of fused-ring (bicyclic) bond motifs is 1. The van der Waals surface area contributed by atoms with Crippen molar-refractivity contribution in [2.24, 2.45) is 0 Å². The molecular formula is C22H23N3OS. The summed E-state index contributed by atoms with van der Waals surface area (Å²) in [6, 6.07) is 14.3. The number of nitrogens with zero attached hydrogens (tertiary/aromatic N) is 3. The molecule has 3 heterocycles. The molecule has 5 heteroatoms. The van der Waals surface area contributed by atoms with Crippen LogP contribution in [0.1, 0.15) is 21.7 Å². The molecule has 0 radical (unpaired) electrons. The maximum atomic E-state index is 8.97. The number of thiophene rings is 1. The van der Waals surface area contributed by atoms with Crippen molar-refractivity contribution < 1.29 is 4.74 Å². The monoisotopic (exact) mass is 377 g/mol. The molecule has 0 amide bonds. The molecule has 1 saturated heterocycles. The molecule has 1 fully saturated rings. The predicted molar refractivity (Wildman–Crippen MR) is 111 cm³/mol. The lowest BCUT2D eigenvalue weighted by Crippen LogP contribution is -2.38. The Morgan fingerprint density at radius 3 is 2.63 bits per heavy atom. The van der Waals surface area contributed by atoms with Gasteiger partial charge in [-0.05, 0) is 42.3 Å². The number of benzene rings is 1. The van der Waals surface area contributed by atoms with E-state index < -0.39 is 0 Å². The van der Waals surface area contributed by atoms with Crippen molar-refractivity contribution in [2.45, 2.75) is 13.5 Å². The fourth-order valence-corrected chi connectivity index (χ4v) is 4.77. The number of rotatable bonds is 5. The Kier molecular flexibility index (Phi) is 5.13. The van der Waals surface area contributed by atoms with Gasteiger partial charge in [0.2, 0.25) is 0 Å². The van der Waals surface area contributed by atoms with E-state index >= 15 is 0 Å². The SMILES string of the molecule is C=C(c1ccc(C#N)cc1)c1cc2cc(C)n(CCN3CCOCC3)c2s1. The van der Waals surface area contributed by atoms with Crippen molar-refractivity contribution in [2.75, 3.05) is 32.8 Å². The lowest BCUT2D eigenvalue weighted by atomic mass is 10.0. The molecule has 4 nitrogen and oxygen atoms in total. The topological polar surface area (TPSA) is 41.2 Å². The minimum atomic E-state index is 0.674. The van der Waals surface area contributed by atoms with Crippen LogP contribution in [0, 0.1) is 18.3 Å². The molecule has 27 heavy (non-hydrogen) atoms. The fraction of sp³-hybridized carbons (Fsp3) is 0.318. The normalized spacial score (nSPS) is 15.1. The maximum absolute atomic E-state index is 8.97. The number of aromatic nitrogens is 1. The first kappa shape index (κ1) is 18.0. The van der Waals surface area contributed by atoms with Gasteiger partial charge in [-0.1, -0.05) is 18.7 Å². The van der Waals surface area contributed by atoms with Gasteiger partial charge in [0, 0.05) is 42.1 Å². The van der Waals surface area contributed by atoms with Crippen LogP contribution in [0.2, 0.25) is 0 Å². The van der Waals surface area contributed by atoms with Crippen LogP contribution in [0.3, 0.4) is 0 Å². The summed E-state index contributed by atoms with van der Waals surface area (Å²) in [5, 5.41) is 10.3. The summed E-state index contributed by atoms with van der Waals surface area (Å²) in [5.41, 5.74) is 4.06. The van der Waals surface area contributed by atoms with E-state index in [0.29, 0.717) is 5.56 Å². The van der Waals surface area contributed by atoms with Gasteiger partial charge in [-0.15, -0.1) is 11.3 Å². The molecule has 138 valence electrons. The molecule has 0 spiro atoms. The summed E-state index contributed by atoms with van der Waals surface area (Å²) in [7, 11) is 0. The van der Waals surface area contributed by atoms with Gasteiger partial charge in [0.1, 0.15) is 4.83 Å². The Labute approximate surface area is 163 Å². The molecule has 1 aliphatic heterocycles. The van der Waals surface area contributed by atoms with Crippen LogP contribution in [0.25, 0.3) is 15.8 Å². The zero-order valence-electron chi connectivity index (χ0n) is 15.6. The van der Waals surface area contributed by atoms with Crippen molar-refractivity contribution >= 4 is 27.1 Å². The van der Waals surface area contributed by atoms with Crippen LogP contribution in [0.5, 0.6) is 0 Å². The molecule has 3 aromatic rings. The molecule has 0 bridgehead atoms. The van der Waals surface area contributed by atoms with Gasteiger partial charge in [0.05, 0.1) is 24.8 Å². The predicted octanol–water partition coefficient (Wildman–Crippen LogP) is 4.28. The first-order chi connectivity index (χ1) is 13.2. The van der Waals surface area contributed by atoms with Gasteiger partial charge in [-0.2, -0.15) is 5.26 Å². The molecule has 4 rings (SSSR count). The summed E-state index contributed by atoms with van der Waals surface area (Å²) in [6.07, 6.45) is 0. The van der Waals surface area contributed by atoms with Crippen LogP contribution in [0.15, 0.2) is 43.0 Å². The molecular weight excluding hydrogens is 354 g/mol. The molecule has 1 aromatic carbocycles. The first-order valence-corrected chi connectivity index (χ1v) is 10.1. The highest BCUT2D eigenvalue weighted by Crippen LogP contribution is 2.35. The molecule has 1 aliphatic rings. The number of ether oxygens (including phenoxy) is 1. The molecule has 0 unspecified atom stereocenters. The lowest BCUT2D eigenvalue weighted by Gasteiger charge is -2.26. The summed E-state index contributed by atoms with van der Waals surface area (Å²) >= 11 is 1.80. The Hall–Kier alpha value is -2.39. The summed E-state index contributed by atoms with van der Waals surface area (Å²) in [5.74, 6) is 0. The van der Waals surface area contributed by atoms with Crippen LogP contribution in [0.4, 0.5) is 0 Å². The van der Waals surface area contributed by atoms with E-state index in [-0.39, 0.29) is 0 Å². The van der Waals surface area contributed by atoms with Crippen molar-refractivity contribution in [3.8, 4) is 6.07 Å².